The van der Waals surface area contributed by atoms with Crippen molar-refractivity contribution in [2.45, 2.75) is 121 Å². The van der Waals surface area contributed by atoms with Crippen molar-refractivity contribution in [2.24, 2.45) is 34.3 Å². The van der Waals surface area contributed by atoms with Gasteiger partial charge in [0.15, 0.2) is 9.84 Å². The van der Waals surface area contributed by atoms with Gasteiger partial charge >= 0.3 is 6.03 Å². The van der Waals surface area contributed by atoms with Gasteiger partial charge in [-0.15, -0.1) is 0 Å². The Morgan fingerprint density at radius 2 is 1.57 bits per heavy atom. The van der Waals surface area contributed by atoms with E-state index in [1.807, 2.05) is 65.0 Å². The summed E-state index contributed by atoms with van der Waals surface area (Å²) in [4.78, 5) is 68.7. The number of fused-ring (bicyclic) bond motifs is 1. The standard InChI is InChI=1S/C42H57N5O8S/c1-40(2,3)35(38(51)47-23-30-32(41(30,4)5)33(47)37(50)44-31(22-26-14-15-26)34(48)36(43)49)45-39(52)46-42(20-10-7-11-21-42)25-56(53,54)29-18-16-28(17-19-29)55-24-27-12-8-6-9-13-27/h6,8-9,12-13,16-19,26,30-33,35H,7,10-11,14-15,20-25H2,1-5H3,(H2,43,49)(H,44,50)(H2,45,46,52)/t30?,31?,32?,33-,35+/m0/s1. The summed E-state index contributed by atoms with van der Waals surface area (Å²) < 4.78 is 33.6. The summed E-state index contributed by atoms with van der Waals surface area (Å²) in [6, 6.07) is 12.2. The minimum absolute atomic E-state index is 0.0329. The molecule has 0 bridgehead atoms. The lowest BCUT2D eigenvalue weighted by molar-refractivity contribution is -0.145. The fourth-order valence-corrected chi connectivity index (χ4v) is 10.7. The Morgan fingerprint density at radius 1 is 0.929 bits per heavy atom. The molecule has 5 atom stereocenters. The number of ether oxygens (including phenoxy) is 1. The molecule has 2 aromatic rings. The van der Waals surface area contributed by atoms with Gasteiger partial charge in [-0.05, 0) is 77.7 Å². The number of likely N-dealkylation sites (tertiary alicyclic amines) is 1. The van der Waals surface area contributed by atoms with E-state index in [-0.39, 0.29) is 33.8 Å². The average molecular weight is 792 g/mol. The Bertz CT molecular complexity index is 1920. The number of carbonyl (C=O) groups excluding carboxylic acids is 5. The van der Waals surface area contributed by atoms with Crippen molar-refractivity contribution in [1.29, 1.82) is 0 Å². The zero-order chi connectivity index (χ0) is 40.6. The van der Waals surface area contributed by atoms with Gasteiger partial charge in [0.05, 0.1) is 22.2 Å². The third-order valence-corrected chi connectivity index (χ3v) is 14.3. The molecule has 5 N–H and O–H groups in total. The summed E-state index contributed by atoms with van der Waals surface area (Å²) in [7, 11) is -3.86. The van der Waals surface area contributed by atoms with Crippen LogP contribution in [0.5, 0.6) is 5.75 Å². The molecule has 13 nitrogen and oxygen atoms in total. The summed E-state index contributed by atoms with van der Waals surface area (Å²) in [5.41, 5.74) is 4.22. The summed E-state index contributed by atoms with van der Waals surface area (Å²) in [6.45, 7) is 10.2. The maximum absolute atomic E-state index is 14.5. The molecule has 0 spiro atoms. The number of carbonyl (C=O) groups is 5. The first kappa shape index (κ1) is 41.2. The highest BCUT2D eigenvalue weighted by Gasteiger charge is 2.70. The molecular weight excluding hydrogens is 735 g/mol. The van der Waals surface area contributed by atoms with Gasteiger partial charge in [-0.1, -0.05) is 97.1 Å². The molecule has 2 aromatic carbocycles. The van der Waals surface area contributed by atoms with Gasteiger partial charge in [-0.2, -0.15) is 0 Å². The van der Waals surface area contributed by atoms with Crippen LogP contribution in [-0.2, 0) is 35.6 Å². The van der Waals surface area contributed by atoms with Gasteiger partial charge < -0.3 is 31.3 Å². The summed E-state index contributed by atoms with van der Waals surface area (Å²) in [5.74, 6) is -2.65. The predicted molar refractivity (Wildman–Crippen MR) is 210 cm³/mol. The topological polar surface area (TPSA) is 194 Å². The minimum Gasteiger partial charge on any atom is -0.489 e. The number of primary amides is 1. The van der Waals surface area contributed by atoms with Crippen molar-refractivity contribution in [3.05, 3.63) is 60.2 Å². The van der Waals surface area contributed by atoms with Gasteiger partial charge in [-0.25, -0.2) is 13.2 Å². The fourth-order valence-electron chi connectivity index (χ4n) is 8.85. The van der Waals surface area contributed by atoms with Crippen molar-refractivity contribution < 1.29 is 37.1 Å². The zero-order valence-electron chi connectivity index (χ0n) is 33.1. The van der Waals surface area contributed by atoms with Crippen LogP contribution in [0.15, 0.2) is 59.5 Å². The highest BCUT2D eigenvalue weighted by atomic mass is 32.2. The number of sulfone groups is 1. The van der Waals surface area contributed by atoms with E-state index in [1.54, 1.807) is 12.1 Å². The van der Waals surface area contributed by atoms with Gasteiger partial charge in [0.2, 0.25) is 17.6 Å². The van der Waals surface area contributed by atoms with Gasteiger partial charge in [0.1, 0.15) is 24.4 Å². The second-order valence-electron chi connectivity index (χ2n) is 18.1. The lowest BCUT2D eigenvalue weighted by atomic mass is 9.83. The Labute approximate surface area is 330 Å². The quantitative estimate of drug-likeness (QED) is 0.192. The summed E-state index contributed by atoms with van der Waals surface area (Å²) >= 11 is 0. The van der Waals surface area contributed by atoms with Gasteiger partial charge in [0, 0.05) is 6.54 Å². The molecule has 304 valence electrons. The number of amides is 5. The third-order valence-electron chi connectivity index (χ3n) is 12.4. The molecule has 5 amide bonds. The predicted octanol–water partition coefficient (Wildman–Crippen LogP) is 4.28. The SMILES string of the molecule is CC1(C)C2CN(C(=O)[C@@H](NC(=O)NC3(CS(=O)(=O)c4ccc(OCc5ccccc5)cc4)CCCCC3)C(C)(C)C)[C@H](C(=O)NC(CC3CC3)C(=O)C(N)=O)C21. The Morgan fingerprint density at radius 3 is 2.16 bits per heavy atom. The van der Waals surface area contributed by atoms with Gasteiger partial charge in [0.25, 0.3) is 5.91 Å². The number of nitrogens with two attached hydrogens (primary N) is 1. The highest BCUT2D eigenvalue weighted by Crippen LogP contribution is 2.65. The second-order valence-corrected chi connectivity index (χ2v) is 20.1. The molecule has 6 rings (SSSR count). The number of piperidine rings is 1. The molecule has 1 saturated heterocycles. The summed E-state index contributed by atoms with van der Waals surface area (Å²) in [6.07, 6.45) is 5.37. The average Bonchev–Trinajstić information content (AvgIpc) is 4.00. The maximum Gasteiger partial charge on any atom is 0.315 e. The normalized spacial score (nSPS) is 23.5. The van der Waals surface area contributed by atoms with Crippen LogP contribution in [0.25, 0.3) is 0 Å². The molecule has 3 aliphatic carbocycles. The number of ketones is 1. The van der Waals surface area contributed by atoms with Crippen molar-refractivity contribution in [1.82, 2.24) is 20.9 Å². The number of hydrogen-bond donors (Lipinski definition) is 4. The molecule has 4 aliphatic rings. The van der Waals surface area contributed by atoms with Crippen LogP contribution in [0.4, 0.5) is 4.79 Å². The number of hydrogen-bond acceptors (Lipinski definition) is 8. The second kappa shape index (κ2) is 15.8. The van der Waals surface area contributed by atoms with Crippen LogP contribution in [0.3, 0.4) is 0 Å². The molecule has 1 aliphatic heterocycles. The molecule has 0 aromatic heterocycles. The van der Waals surface area contributed by atoms with E-state index in [4.69, 9.17) is 10.5 Å². The van der Waals surface area contributed by atoms with Crippen LogP contribution < -0.4 is 26.4 Å². The van der Waals surface area contributed by atoms with Crippen LogP contribution in [0.1, 0.15) is 91.5 Å². The molecule has 1 heterocycles. The van der Waals surface area contributed by atoms with E-state index < -0.39 is 68.5 Å². The van der Waals surface area contributed by atoms with E-state index in [0.29, 0.717) is 38.2 Å². The van der Waals surface area contributed by atoms with Crippen LogP contribution in [0.2, 0.25) is 0 Å². The Balaban J connectivity index is 1.15. The molecule has 4 fully saturated rings. The van der Waals surface area contributed by atoms with Gasteiger partial charge in [-0.3, -0.25) is 19.2 Å². The Hall–Kier alpha value is -4.46. The zero-order valence-corrected chi connectivity index (χ0v) is 34.0. The molecule has 14 heteroatoms. The highest BCUT2D eigenvalue weighted by molar-refractivity contribution is 7.91. The lowest BCUT2D eigenvalue weighted by Crippen LogP contribution is -2.63. The third kappa shape index (κ3) is 9.22. The first-order valence-corrected chi connectivity index (χ1v) is 21.5. The van der Waals surface area contributed by atoms with E-state index in [1.165, 1.54) is 17.0 Å². The molecule has 56 heavy (non-hydrogen) atoms. The Kier molecular flexibility index (Phi) is 11.6. The van der Waals surface area contributed by atoms with E-state index in [0.717, 1.165) is 37.7 Å². The van der Waals surface area contributed by atoms with Crippen molar-refractivity contribution in [3.63, 3.8) is 0 Å². The van der Waals surface area contributed by atoms with Crippen LogP contribution in [0, 0.1) is 28.6 Å². The molecule has 0 radical (unpaired) electrons. The first-order chi connectivity index (χ1) is 26.3. The smallest absolute Gasteiger partial charge is 0.315 e. The van der Waals surface area contributed by atoms with Crippen molar-refractivity contribution in [2.75, 3.05) is 12.3 Å². The number of rotatable bonds is 15. The monoisotopic (exact) mass is 791 g/mol. The minimum atomic E-state index is -3.86. The number of benzene rings is 2. The van der Waals surface area contributed by atoms with Crippen molar-refractivity contribution >= 4 is 39.4 Å². The molecule has 3 unspecified atom stereocenters. The number of urea groups is 1. The largest absolute Gasteiger partial charge is 0.489 e. The van der Waals surface area contributed by atoms with Crippen molar-refractivity contribution in [3.8, 4) is 5.75 Å². The molecule has 3 saturated carbocycles. The van der Waals surface area contributed by atoms with E-state index in [2.05, 4.69) is 16.0 Å². The van der Waals surface area contributed by atoms with E-state index >= 15 is 0 Å². The maximum atomic E-state index is 14.5. The molecular formula is C42H57N5O8S. The van der Waals surface area contributed by atoms with Crippen LogP contribution >= 0.6 is 0 Å². The van der Waals surface area contributed by atoms with Crippen LogP contribution in [-0.4, -0.2) is 78.8 Å². The summed E-state index contributed by atoms with van der Waals surface area (Å²) in [5, 5.41) is 8.67. The first-order valence-electron chi connectivity index (χ1n) is 19.8. The van der Waals surface area contributed by atoms with E-state index in [9.17, 15) is 32.4 Å². The number of nitrogens with one attached hydrogen (secondary N) is 3. The number of nitrogens with zero attached hydrogens (tertiary/aromatic N) is 1. The fraction of sp³-hybridized carbons (Fsp3) is 0.595. The number of Topliss-reactive ketones (excluding diaryl/α,β-unsaturated/α-hetero) is 1. The lowest BCUT2D eigenvalue weighted by Gasteiger charge is -2.40.